The van der Waals surface area contributed by atoms with Gasteiger partial charge in [0.25, 0.3) is 11.8 Å². The number of imide groups is 1. The van der Waals surface area contributed by atoms with E-state index >= 15 is 0 Å². The quantitative estimate of drug-likeness (QED) is 0.738. The first-order valence-corrected chi connectivity index (χ1v) is 8.90. The lowest BCUT2D eigenvalue weighted by molar-refractivity contribution is -0.134. The maximum Gasteiger partial charge on any atom is 0.316 e. The average Bonchev–Trinajstić information content (AvgIpc) is 2.95. The third-order valence-electron chi connectivity index (χ3n) is 4.77. The van der Waals surface area contributed by atoms with Crippen LogP contribution < -0.4 is 4.74 Å². The van der Waals surface area contributed by atoms with Crippen molar-refractivity contribution >= 4 is 17.7 Å². The third-order valence-corrected chi connectivity index (χ3v) is 4.77. The number of piperidine rings is 1. The fourth-order valence-electron chi connectivity index (χ4n) is 3.39. The zero-order valence-corrected chi connectivity index (χ0v) is 14.9. The SMILES string of the molecule is O=C(CN1C(=O)c2ccccc2C1=O)N1CCCC(Oc2ncc(F)cn2)C1. The van der Waals surface area contributed by atoms with Gasteiger partial charge in [0.2, 0.25) is 5.91 Å². The Bertz CT molecular complexity index is 899. The minimum Gasteiger partial charge on any atom is -0.458 e. The number of carbonyl (C=O) groups excluding carboxylic acids is 3. The number of ether oxygens (including phenoxy) is 1. The molecular weight excluding hydrogens is 367 g/mol. The molecule has 0 radical (unpaired) electrons. The number of fused-ring (bicyclic) bond motifs is 1. The second-order valence-electron chi connectivity index (χ2n) is 6.65. The van der Waals surface area contributed by atoms with Gasteiger partial charge in [-0.2, -0.15) is 0 Å². The van der Waals surface area contributed by atoms with Gasteiger partial charge in [-0.1, -0.05) is 12.1 Å². The van der Waals surface area contributed by atoms with Gasteiger partial charge in [-0.05, 0) is 25.0 Å². The molecule has 0 aliphatic carbocycles. The smallest absolute Gasteiger partial charge is 0.316 e. The van der Waals surface area contributed by atoms with Gasteiger partial charge in [-0.15, -0.1) is 0 Å². The molecule has 1 unspecified atom stereocenters. The predicted octanol–water partition coefficient (Wildman–Crippen LogP) is 1.28. The zero-order valence-electron chi connectivity index (χ0n) is 14.9. The van der Waals surface area contributed by atoms with E-state index in [1.54, 1.807) is 29.2 Å². The van der Waals surface area contributed by atoms with Gasteiger partial charge >= 0.3 is 6.01 Å². The summed E-state index contributed by atoms with van der Waals surface area (Å²) >= 11 is 0. The highest BCUT2D eigenvalue weighted by Crippen LogP contribution is 2.23. The van der Waals surface area contributed by atoms with E-state index in [0.717, 1.165) is 17.3 Å². The van der Waals surface area contributed by atoms with Gasteiger partial charge < -0.3 is 9.64 Å². The highest BCUT2D eigenvalue weighted by atomic mass is 19.1. The van der Waals surface area contributed by atoms with Crippen LogP contribution in [-0.4, -0.2) is 63.2 Å². The number of benzene rings is 1. The fraction of sp³-hybridized carbons (Fsp3) is 0.316. The van der Waals surface area contributed by atoms with Crippen molar-refractivity contribution in [2.75, 3.05) is 19.6 Å². The van der Waals surface area contributed by atoms with Crippen molar-refractivity contribution in [2.24, 2.45) is 0 Å². The van der Waals surface area contributed by atoms with Gasteiger partial charge in [0.1, 0.15) is 12.6 Å². The molecule has 1 fully saturated rings. The average molecular weight is 384 g/mol. The van der Waals surface area contributed by atoms with Crippen molar-refractivity contribution in [1.29, 1.82) is 0 Å². The molecule has 1 aromatic heterocycles. The molecule has 1 saturated heterocycles. The molecule has 0 spiro atoms. The molecule has 2 aliphatic heterocycles. The summed E-state index contributed by atoms with van der Waals surface area (Å²) in [6, 6.07) is 6.56. The molecule has 3 amide bonds. The molecule has 4 rings (SSSR count). The fourth-order valence-corrected chi connectivity index (χ4v) is 3.39. The molecule has 2 aromatic rings. The molecule has 1 aromatic carbocycles. The van der Waals surface area contributed by atoms with Crippen LogP contribution in [0.1, 0.15) is 33.6 Å². The van der Waals surface area contributed by atoms with Crippen molar-refractivity contribution in [3.05, 3.63) is 53.6 Å². The van der Waals surface area contributed by atoms with Crippen molar-refractivity contribution in [3.8, 4) is 6.01 Å². The van der Waals surface area contributed by atoms with Gasteiger partial charge in [-0.3, -0.25) is 19.3 Å². The zero-order chi connectivity index (χ0) is 19.7. The first kappa shape index (κ1) is 18.0. The van der Waals surface area contributed by atoms with Crippen molar-refractivity contribution < 1.29 is 23.5 Å². The van der Waals surface area contributed by atoms with Crippen LogP contribution in [-0.2, 0) is 4.79 Å². The standard InChI is InChI=1S/C19H17FN4O4/c20-12-8-21-19(22-9-12)28-13-4-3-7-23(10-13)16(25)11-24-17(26)14-5-1-2-6-15(14)18(24)27/h1-2,5-6,8-9,13H,3-4,7,10-11H2. The Kier molecular flexibility index (Phi) is 4.72. The van der Waals surface area contributed by atoms with Crippen LogP contribution in [0, 0.1) is 5.82 Å². The van der Waals surface area contributed by atoms with Gasteiger partial charge in [0.05, 0.1) is 30.1 Å². The van der Waals surface area contributed by atoms with E-state index in [0.29, 0.717) is 30.5 Å². The summed E-state index contributed by atoms with van der Waals surface area (Å²) < 4.78 is 18.5. The summed E-state index contributed by atoms with van der Waals surface area (Å²) in [6.07, 6.45) is 3.06. The molecule has 0 bridgehead atoms. The Balaban J connectivity index is 1.39. The van der Waals surface area contributed by atoms with Crippen LogP contribution in [0.15, 0.2) is 36.7 Å². The number of amides is 3. The van der Waals surface area contributed by atoms with Gasteiger partial charge in [0.15, 0.2) is 5.82 Å². The number of likely N-dealkylation sites (tertiary alicyclic amines) is 1. The van der Waals surface area contributed by atoms with E-state index in [1.165, 1.54) is 0 Å². The molecule has 0 saturated carbocycles. The van der Waals surface area contributed by atoms with Crippen LogP contribution in [0.3, 0.4) is 0 Å². The summed E-state index contributed by atoms with van der Waals surface area (Å²) in [5.41, 5.74) is 0.627. The predicted molar refractivity (Wildman–Crippen MR) is 94.0 cm³/mol. The molecule has 144 valence electrons. The van der Waals surface area contributed by atoms with E-state index in [-0.39, 0.29) is 31.1 Å². The van der Waals surface area contributed by atoms with Crippen LogP contribution in [0.4, 0.5) is 4.39 Å². The van der Waals surface area contributed by atoms with E-state index < -0.39 is 17.6 Å². The van der Waals surface area contributed by atoms with Crippen LogP contribution in [0.2, 0.25) is 0 Å². The van der Waals surface area contributed by atoms with Crippen molar-refractivity contribution in [3.63, 3.8) is 0 Å². The monoisotopic (exact) mass is 384 g/mol. The second kappa shape index (κ2) is 7.34. The highest BCUT2D eigenvalue weighted by Gasteiger charge is 2.37. The topological polar surface area (TPSA) is 92.7 Å². The normalized spacial score (nSPS) is 19.0. The number of hydrogen-bond donors (Lipinski definition) is 0. The third kappa shape index (κ3) is 3.42. The molecule has 8 nitrogen and oxygen atoms in total. The van der Waals surface area contributed by atoms with E-state index in [9.17, 15) is 18.8 Å². The van der Waals surface area contributed by atoms with Gasteiger partial charge in [-0.25, -0.2) is 14.4 Å². The highest BCUT2D eigenvalue weighted by molar-refractivity contribution is 6.22. The maximum atomic E-state index is 12.9. The molecular formula is C19H17FN4O4. The molecule has 3 heterocycles. The minimum absolute atomic E-state index is 0.0426. The Hall–Kier alpha value is -3.36. The van der Waals surface area contributed by atoms with E-state index in [1.807, 2.05) is 0 Å². The molecule has 28 heavy (non-hydrogen) atoms. The molecule has 1 atom stereocenters. The number of carbonyl (C=O) groups is 3. The van der Waals surface area contributed by atoms with Crippen LogP contribution in [0.5, 0.6) is 6.01 Å². The Morgan fingerprint density at radius 3 is 2.43 bits per heavy atom. The number of halogens is 1. The number of nitrogens with zero attached hydrogens (tertiary/aromatic N) is 4. The number of aromatic nitrogens is 2. The first-order chi connectivity index (χ1) is 13.5. The van der Waals surface area contributed by atoms with E-state index in [2.05, 4.69) is 9.97 Å². The summed E-state index contributed by atoms with van der Waals surface area (Å²) in [6.45, 7) is 0.473. The molecule has 2 aliphatic rings. The van der Waals surface area contributed by atoms with Crippen molar-refractivity contribution in [1.82, 2.24) is 19.8 Å². The molecule has 0 N–H and O–H groups in total. The number of hydrogen-bond acceptors (Lipinski definition) is 6. The minimum atomic E-state index is -0.561. The number of rotatable bonds is 4. The lowest BCUT2D eigenvalue weighted by atomic mass is 10.1. The maximum absolute atomic E-state index is 12.9. The summed E-state index contributed by atoms with van der Waals surface area (Å²) in [4.78, 5) is 47.6. The summed E-state index contributed by atoms with van der Waals surface area (Å²) in [7, 11) is 0. The Morgan fingerprint density at radius 2 is 1.79 bits per heavy atom. The Morgan fingerprint density at radius 1 is 1.14 bits per heavy atom. The summed E-state index contributed by atoms with van der Waals surface area (Å²) in [5.74, 6) is -1.81. The lowest BCUT2D eigenvalue weighted by Gasteiger charge is -2.33. The second-order valence-corrected chi connectivity index (χ2v) is 6.65. The largest absolute Gasteiger partial charge is 0.458 e. The Labute approximate surface area is 159 Å². The summed E-state index contributed by atoms with van der Waals surface area (Å²) in [5, 5.41) is 0. The van der Waals surface area contributed by atoms with Crippen LogP contribution in [0.25, 0.3) is 0 Å². The van der Waals surface area contributed by atoms with Crippen molar-refractivity contribution in [2.45, 2.75) is 18.9 Å². The van der Waals surface area contributed by atoms with E-state index in [4.69, 9.17) is 4.74 Å². The lowest BCUT2D eigenvalue weighted by Crippen LogP contribution is -2.49. The molecule has 9 heteroatoms. The van der Waals surface area contributed by atoms with Gasteiger partial charge in [0, 0.05) is 6.54 Å². The first-order valence-electron chi connectivity index (χ1n) is 8.90. The van der Waals surface area contributed by atoms with Crippen LogP contribution >= 0.6 is 0 Å².